The van der Waals surface area contributed by atoms with Gasteiger partial charge in [0.15, 0.2) is 0 Å². The fourth-order valence-corrected chi connectivity index (χ4v) is 2.10. The van der Waals surface area contributed by atoms with Gasteiger partial charge in [0.1, 0.15) is 11.9 Å². The molecular weight excluding hydrogens is 242 g/mol. The lowest BCUT2D eigenvalue weighted by Crippen LogP contribution is -2.34. The lowest BCUT2D eigenvalue weighted by Gasteiger charge is -2.23. The molecule has 0 atom stereocenters. The van der Waals surface area contributed by atoms with E-state index in [-0.39, 0.29) is 0 Å². The first-order chi connectivity index (χ1) is 9.38. The van der Waals surface area contributed by atoms with Gasteiger partial charge in [0, 0.05) is 7.11 Å². The summed E-state index contributed by atoms with van der Waals surface area (Å²) in [6.07, 6.45) is 2.52. The van der Waals surface area contributed by atoms with E-state index in [1.165, 1.54) is 0 Å². The average molecular weight is 265 g/mol. The van der Waals surface area contributed by atoms with Gasteiger partial charge in [0.05, 0.1) is 19.8 Å². The fourth-order valence-electron chi connectivity index (χ4n) is 2.10. The maximum Gasteiger partial charge on any atom is 0.119 e. The Bertz CT molecular complexity index is 347. The van der Waals surface area contributed by atoms with Crippen molar-refractivity contribution in [1.82, 2.24) is 5.32 Å². The lowest BCUT2D eigenvalue weighted by molar-refractivity contribution is 0.0616. The van der Waals surface area contributed by atoms with Crippen molar-refractivity contribution in [3.05, 3.63) is 29.8 Å². The number of ether oxygens (including phenoxy) is 3. The third-order valence-corrected chi connectivity index (χ3v) is 3.21. The Kier molecular flexibility index (Phi) is 6.14. The predicted octanol–water partition coefficient (Wildman–Crippen LogP) is 1.98. The van der Waals surface area contributed by atoms with Crippen LogP contribution in [0.25, 0.3) is 0 Å². The third kappa shape index (κ3) is 5.19. The molecule has 2 rings (SSSR count). The molecule has 1 heterocycles. The molecule has 1 aliphatic heterocycles. The van der Waals surface area contributed by atoms with Crippen LogP contribution in [-0.2, 0) is 16.1 Å². The molecule has 1 aliphatic rings. The second-order valence-corrected chi connectivity index (χ2v) is 4.76. The van der Waals surface area contributed by atoms with Gasteiger partial charge in [-0.05, 0) is 43.6 Å². The number of hydrogen-bond acceptors (Lipinski definition) is 4. The highest BCUT2D eigenvalue weighted by Crippen LogP contribution is 2.17. The summed E-state index contributed by atoms with van der Waals surface area (Å²) in [5.41, 5.74) is 1.16. The Morgan fingerprint density at radius 1 is 1.11 bits per heavy atom. The molecule has 19 heavy (non-hydrogen) atoms. The van der Waals surface area contributed by atoms with Gasteiger partial charge in [-0.1, -0.05) is 12.1 Å². The Labute approximate surface area is 115 Å². The topological polar surface area (TPSA) is 39.7 Å². The Morgan fingerprint density at radius 2 is 1.84 bits per heavy atom. The molecule has 0 saturated carbocycles. The van der Waals surface area contributed by atoms with Crippen LogP contribution in [0.2, 0.25) is 0 Å². The molecule has 4 nitrogen and oxygen atoms in total. The van der Waals surface area contributed by atoms with Crippen molar-refractivity contribution in [1.29, 1.82) is 0 Å². The zero-order chi connectivity index (χ0) is 13.3. The first-order valence-corrected chi connectivity index (χ1v) is 6.91. The molecule has 1 aromatic rings. The van der Waals surface area contributed by atoms with E-state index >= 15 is 0 Å². The van der Waals surface area contributed by atoms with E-state index in [2.05, 4.69) is 17.4 Å². The number of rotatable bonds is 7. The molecule has 1 aromatic carbocycles. The van der Waals surface area contributed by atoms with Crippen LogP contribution in [0.1, 0.15) is 18.4 Å². The summed E-state index contributed by atoms with van der Waals surface area (Å²) in [5, 5.41) is 3.34. The van der Waals surface area contributed by atoms with E-state index < -0.39 is 0 Å². The molecule has 106 valence electrons. The van der Waals surface area contributed by atoms with Gasteiger partial charge in [0.2, 0.25) is 0 Å². The average Bonchev–Trinajstić information content (AvgIpc) is 2.46. The number of benzene rings is 1. The lowest BCUT2D eigenvalue weighted by atomic mass is 10.1. The van der Waals surface area contributed by atoms with Gasteiger partial charge in [-0.25, -0.2) is 0 Å². The summed E-state index contributed by atoms with van der Waals surface area (Å²) in [6.45, 7) is 3.99. The van der Waals surface area contributed by atoms with Crippen LogP contribution in [0.5, 0.6) is 5.75 Å². The van der Waals surface area contributed by atoms with Crippen molar-refractivity contribution in [2.45, 2.75) is 25.6 Å². The van der Waals surface area contributed by atoms with Gasteiger partial charge < -0.3 is 19.5 Å². The molecule has 1 saturated heterocycles. The van der Waals surface area contributed by atoms with E-state index in [0.717, 1.165) is 37.2 Å². The Hall–Kier alpha value is -1.10. The third-order valence-electron chi connectivity index (χ3n) is 3.21. The first kappa shape index (κ1) is 14.3. The molecule has 0 radical (unpaired) electrons. The van der Waals surface area contributed by atoms with Crippen LogP contribution in [0, 0.1) is 0 Å². The quantitative estimate of drug-likeness (QED) is 0.765. The monoisotopic (exact) mass is 265 g/mol. The Balaban J connectivity index is 1.74. The number of methoxy groups -OCH3 is 1. The van der Waals surface area contributed by atoms with Crippen molar-refractivity contribution in [3.8, 4) is 5.75 Å². The predicted molar refractivity (Wildman–Crippen MR) is 74.5 cm³/mol. The summed E-state index contributed by atoms with van der Waals surface area (Å²) in [7, 11) is 1.68. The molecule has 1 fully saturated rings. The van der Waals surface area contributed by atoms with Gasteiger partial charge in [-0.3, -0.25) is 0 Å². The zero-order valence-corrected chi connectivity index (χ0v) is 11.6. The molecule has 0 aromatic heterocycles. The van der Waals surface area contributed by atoms with Crippen molar-refractivity contribution < 1.29 is 14.2 Å². The normalized spacial score (nSPS) is 16.5. The van der Waals surface area contributed by atoms with Crippen LogP contribution in [0.3, 0.4) is 0 Å². The molecule has 0 spiro atoms. The smallest absolute Gasteiger partial charge is 0.119 e. The minimum atomic E-state index is 0.352. The molecule has 0 aliphatic carbocycles. The summed E-state index contributed by atoms with van der Waals surface area (Å²) < 4.78 is 16.4. The van der Waals surface area contributed by atoms with Gasteiger partial charge >= 0.3 is 0 Å². The van der Waals surface area contributed by atoms with E-state index in [0.29, 0.717) is 25.9 Å². The fraction of sp³-hybridized carbons (Fsp3) is 0.600. The standard InChI is InChI=1S/C15H23NO3/c1-17-10-11-18-12-13-2-4-14(5-3-13)19-15-6-8-16-9-7-15/h2-5,15-16H,6-12H2,1H3. The van der Waals surface area contributed by atoms with Crippen LogP contribution in [-0.4, -0.2) is 39.5 Å². The van der Waals surface area contributed by atoms with Crippen LogP contribution >= 0.6 is 0 Å². The summed E-state index contributed by atoms with van der Waals surface area (Å²) in [4.78, 5) is 0. The van der Waals surface area contributed by atoms with Crippen LogP contribution < -0.4 is 10.1 Å². The van der Waals surface area contributed by atoms with E-state index in [9.17, 15) is 0 Å². The minimum Gasteiger partial charge on any atom is -0.490 e. The molecule has 1 N–H and O–H groups in total. The second kappa shape index (κ2) is 8.15. The molecule has 0 unspecified atom stereocenters. The summed E-state index contributed by atoms with van der Waals surface area (Å²) in [5.74, 6) is 0.951. The highest BCUT2D eigenvalue weighted by molar-refractivity contribution is 5.27. The highest BCUT2D eigenvalue weighted by atomic mass is 16.5. The van der Waals surface area contributed by atoms with Crippen molar-refractivity contribution in [3.63, 3.8) is 0 Å². The van der Waals surface area contributed by atoms with Gasteiger partial charge in [-0.2, -0.15) is 0 Å². The minimum absolute atomic E-state index is 0.352. The molecular formula is C15H23NO3. The summed E-state index contributed by atoms with van der Waals surface area (Å²) >= 11 is 0. The number of hydrogen-bond donors (Lipinski definition) is 1. The zero-order valence-electron chi connectivity index (χ0n) is 11.6. The van der Waals surface area contributed by atoms with Crippen LogP contribution in [0.4, 0.5) is 0 Å². The number of piperidine rings is 1. The molecule has 0 amide bonds. The van der Waals surface area contributed by atoms with Crippen molar-refractivity contribution in [2.24, 2.45) is 0 Å². The van der Waals surface area contributed by atoms with E-state index in [1.54, 1.807) is 7.11 Å². The SMILES string of the molecule is COCCOCc1ccc(OC2CCNCC2)cc1. The van der Waals surface area contributed by atoms with Gasteiger partial charge in [0.25, 0.3) is 0 Å². The maximum absolute atomic E-state index is 5.95. The van der Waals surface area contributed by atoms with Crippen LogP contribution in [0.15, 0.2) is 24.3 Å². The molecule has 4 heteroatoms. The largest absolute Gasteiger partial charge is 0.490 e. The molecule has 0 bridgehead atoms. The Morgan fingerprint density at radius 3 is 2.53 bits per heavy atom. The number of nitrogens with one attached hydrogen (secondary N) is 1. The first-order valence-electron chi connectivity index (χ1n) is 6.91. The summed E-state index contributed by atoms with van der Waals surface area (Å²) in [6, 6.07) is 8.17. The van der Waals surface area contributed by atoms with E-state index in [1.807, 2.05) is 12.1 Å². The maximum atomic E-state index is 5.95. The highest BCUT2D eigenvalue weighted by Gasteiger charge is 2.14. The van der Waals surface area contributed by atoms with Crippen molar-refractivity contribution >= 4 is 0 Å². The second-order valence-electron chi connectivity index (χ2n) is 4.76. The van der Waals surface area contributed by atoms with Crippen molar-refractivity contribution in [2.75, 3.05) is 33.4 Å². The van der Waals surface area contributed by atoms with Gasteiger partial charge in [-0.15, -0.1) is 0 Å². The van der Waals surface area contributed by atoms with E-state index in [4.69, 9.17) is 14.2 Å².